The fourth-order valence-electron chi connectivity index (χ4n) is 3.20. The van der Waals surface area contributed by atoms with Gasteiger partial charge in [0.25, 0.3) is 0 Å². The summed E-state index contributed by atoms with van der Waals surface area (Å²) in [7, 11) is 0. The monoisotopic (exact) mass is 430 g/mol. The Hall–Kier alpha value is -1.10. The van der Waals surface area contributed by atoms with Gasteiger partial charge in [-0.1, -0.05) is 110 Å². The summed E-state index contributed by atoms with van der Waals surface area (Å²) in [4.78, 5) is 20.7. The lowest BCUT2D eigenvalue weighted by atomic mass is 10.0. The van der Waals surface area contributed by atoms with Gasteiger partial charge in [-0.2, -0.15) is 0 Å². The molecule has 0 radical (unpaired) electrons. The zero-order chi connectivity index (χ0) is 22.9. The van der Waals surface area contributed by atoms with E-state index in [4.69, 9.17) is 15.3 Å². The minimum atomic E-state index is -0.671. The van der Waals surface area contributed by atoms with E-state index in [2.05, 4.69) is 0 Å². The summed E-state index contributed by atoms with van der Waals surface area (Å²) < 4.78 is 0. The van der Waals surface area contributed by atoms with E-state index in [1.807, 2.05) is 13.8 Å². The van der Waals surface area contributed by atoms with Gasteiger partial charge in [0.2, 0.25) is 0 Å². The number of rotatable bonds is 21. The molecule has 0 aromatic heterocycles. The Morgan fingerprint density at radius 3 is 0.800 bits per heavy atom. The van der Waals surface area contributed by atoms with E-state index in [9.17, 15) is 9.59 Å². The molecule has 0 aliphatic heterocycles. The van der Waals surface area contributed by atoms with Crippen molar-refractivity contribution in [3.8, 4) is 0 Å². The molecule has 0 saturated carbocycles. The van der Waals surface area contributed by atoms with Crippen molar-refractivity contribution in [2.45, 2.75) is 136 Å². The third-order valence-corrected chi connectivity index (χ3v) is 5.15. The van der Waals surface area contributed by atoms with Gasteiger partial charge < -0.3 is 15.3 Å². The maximum atomic E-state index is 10.4. The molecular weight excluding hydrogens is 380 g/mol. The molecule has 0 aliphatic rings. The Bertz CT molecular complexity index is 339. The summed E-state index contributed by atoms with van der Waals surface area (Å²) in [5.74, 6) is -0.901. The van der Waals surface area contributed by atoms with Crippen molar-refractivity contribution in [2.24, 2.45) is 5.92 Å². The molecule has 5 nitrogen and oxygen atoms in total. The second kappa shape index (κ2) is 25.9. The molecule has 3 N–H and O–H groups in total. The molecule has 0 unspecified atom stereocenters. The molecule has 30 heavy (non-hydrogen) atoms. The van der Waals surface area contributed by atoms with Crippen LogP contribution in [0.3, 0.4) is 0 Å². The molecule has 0 aromatic rings. The van der Waals surface area contributed by atoms with Gasteiger partial charge in [0.05, 0.1) is 0 Å². The first-order chi connectivity index (χ1) is 14.4. The highest BCUT2D eigenvalue weighted by Crippen LogP contribution is 2.14. The van der Waals surface area contributed by atoms with Crippen LogP contribution >= 0.6 is 0 Å². The lowest BCUT2D eigenvalue weighted by Gasteiger charge is -2.03. The van der Waals surface area contributed by atoms with Crippen molar-refractivity contribution < 1.29 is 24.9 Å². The Morgan fingerprint density at radius 1 is 0.500 bits per heavy atom. The van der Waals surface area contributed by atoms with Gasteiger partial charge in [-0.05, 0) is 18.8 Å². The first-order valence-corrected chi connectivity index (χ1v) is 12.4. The van der Waals surface area contributed by atoms with E-state index < -0.39 is 11.9 Å². The topological polar surface area (TPSA) is 94.8 Å². The summed E-state index contributed by atoms with van der Waals surface area (Å²) in [6.45, 7) is 4.25. The fourth-order valence-corrected chi connectivity index (χ4v) is 3.20. The van der Waals surface area contributed by atoms with Crippen LogP contribution in [0.4, 0.5) is 0 Å². The third-order valence-electron chi connectivity index (χ3n) is 5.15. The number of aliphatic carboxylic acids is 2. The normalized spacial score (nSPS) is 10.7. The summed E-state index contributed by atoms with van der Waals surface area (Å²) in [6, 6.07) is 0. The zero-order valence-corrected chi connectivity index (χ0v) is 19.9. The van der Waals surface area contributed by atoms with Gasteiger partial charge in [0, 0.05) is 19.4 Å². The lowest BCUT2D eigenvalue weighted by Crippen LogP contribution is -1.93. The number of hydrogen-bond acceptors (Lipinski definition) is 3. The highest BCUT2D eigenvalue weighted by Gasteiger charge is 1.98. The van der Waals surface area contributed by atoms with Crippen LogP contribution < -0.4 is 0 Å². The van der Waals surface area contributed by atoms with Gasteiger partial charge in [-0.3, -0.25) is 9.59 Å². The number of aliphatic hydroxyl groups excluding tert-OH is 1. The standard InChI is InChI=1S/C21H40O4.C4H10O/c22-20(23)18-16-14-12-10-8-6-4-2-1-3-5-7-9-11-13-15-17-19-21(24)25;1-4(2)3-5/h1-19H2,(H,22,23)(H,24,25);4-5H,3H2,1-2H3. The molecule has 0 amide bonds. The second-order valence-corrected chi connectivity index (χ2v) is 8.87. The highest BCUT2D eigenvalue weighted by atomic mass is 16.4. The van der Waals surface area contributed by atoms with Gasteiger partial charge in [-0.15, -0.1) is 0 Å². The highest BCUT2D eigenvalue weighted by molar-refractivity contribution is 5.66. The summed E-state index contributed by atoms with van der Waals surface area (Å²) in [5.41, 5.74) is 0. The number of unbranched alkanes of at least 4 members (excludes halogenated alkanes) is 16. The summed E-state index contributed by atoms with van der Waals surface area (Å²) >= 11 is 0. The minimum absolute atomic E-state index is 0.306. The quantitative estimate of drug-likeness (QED) is 0.167. The second-order valence-electron chi connectivity index (χ2n) is 8.87. The van der Waals surface area contributed by atoms with Crippen LogP contribution in [0, 0.1) is 5.92 Å². The van der Waals surface area contributed by atoms with E-state index in [0.29, 0.717) is 25.4 Å². The van der Waals surface area contributed by atoms with Crippen LogP contribution in [0.5, 0.6) is 0 Å². The molecule has 0 fully saturated rings. The molecule has 0 bridgehead atoms. The van der Waals surface area contributed by atoms with E-state index in [1.54, 1.807) is 0 Å². The van der Waals surface area contributed by atoms with Crippen molar-refractivity contribution in [3.63, 3.8) is 0 Å². The SMILES string of the molecule is CC(C)CO.O=C(O)CCCCCCCCCCCCCCCCCCCC(=O)O. The average Bonchev–Trinajstić information content (AvgIpc) is 2.69. The average molecular weight is 431 g/mol. The van der Waals surface area contributed by atoms with Crippen LogP contribution in [0.25, 0.3) is 0 Å². The van der Waals surface area contributed by atoms with Gasteiger partial charge in [-0.25, -0.2) is 0 Å². The molecular formula is C25H50O5. The molecule has 0 aliphatic carbocycles. The molecule has 0 saturated heterocycles. The van der Waals surface area contributed by atoms with Crippen molar-refractivity contribution in [1.82, 2.24) is 0 Å². The largest absolute Gasteiger partial charge is 0.481 e. The Balaban J connectivity index is 0. The molecule has 5 heteroatoms. The number of carbonyl (C=O) groups is 2. The van der Waals surface area contributed by atoms with Crippen molar-refractivity contribution in [3.05, 3.63) is 0 Å². The molecule has 0 heterocycles. The number of hydrogen-bond donors (Lipinski definition) is 3. The maximum absolute atomic E-state index is 10.4. The van der Waals surface area contributed by atoms with Crippen LogP contribution in [-0.2, 0) is 9.59 Å². The van der Waals surface area contributed by atoms with Crippen LogP contribution in [0.15, 0.2) is 0 Å². The van der Waals surface area contributed by atoms with E-state index in [0.717, 1.165) is 25.7 Å². The Morgan fingerprint density at radius 2 is 0.667 bits per heavy atom. The Kier molecular flexibility index (Phi) is 26.9. The van der Waals surface area contributed by atoms with E-state index in [-0.39, 0.29) is 0 Å². The first-order valence-electron chi connectivity index (χ1n) is 12.4. The van der Waals surface area contributed by atoms with E-state index in [1.165, 1.54) is 83.5 Å². The van der Waals surface area contributed by atoms with Crippen molar-refractivity contribution >= 4 is 11.9 Å². The van der Waals surface area contributed by atoms with Crippen LogP contribution in [0.2, 0.25) is 0 Å². The number of carboxylic acid groups (broad SMARTS) is 2. The molecule has 0 rings (SSSR count). The minimum Gasteiger partial charge on any atom is -0.481 e. The van der Waals surface area contributed by atoms with Crippen molar-refractivity contribution in [1.29, 1.82) is 0 Å². The number of carboxylic acids is 2. The zero-order valence-electron chi connectivity index (χ0n) is 19.9. The van der Waals surface area contributed by atoms with Gasteiger partial charge in [0.1, 0.15) is 0 Å². The predicted octanol–water partition coefficient (Wildman–Crippen LogP) is 7.20. The van der Waals surface area contributed by atoms with Crippen molar-refractivity contribution in [2.75, 3.05) is 6.61 Å². The van der Waals surface area contributed by atoms with E-state index >= 15 is 0 Å². The van der Waals surface area contributed by atoms with Gasteiger partial charge >= 0.3 is 11.9 Å². The molecule has 0 spiro atoms. The first kappa shape index (κ1) is 31.1. The molecule has 0 aromatic carbocycles. The molecule has 0 atom stereocenters. The summed E-state index contributed by atoms with van der Waals surface area (Å²) in [6.07, 6.45) is 21.3. The molecule has 180 valence electrons. The maximum Gasteiger partial charge on any atom is 0.303 e. The third kappa shape index (κ3) is 34.4. The Labute approximate surface area is 185 Å². The fraction of sp³-hybridized carbons (Fsp3) is 0.920. The summed E-state index contributed by atoms with van der Waals surface area (Å²) in [5, 5.41) is 25.2. The lowest BCUT2D eigenvalue weighted by molar-refractivity contribution is -0.138. The number of aliphatic hydroxyl groups is 1. The predicted molar refractivity (Wildman–Crippen MR) is 125 cm³/mol. The smallest absolute Gasteiger partial charge is 0.303 e. The van der Waals surface area contributed by atoms with Crippen LogP contribution in [-0.4, -0.2) is 33.9 Å². The van der Waals surface area contributed by atoms with Crippen LogP contribution in [0.1, 0.15) is 136 Å². The van der Waals surface area contributed by atoms with Gasteiger partial charge in [0.15, 0.2) is 0 Å².